The minimum atomic E-state index is -0.290. The molecule has 1 N–H and O–H groups in total. The first kappa shape index (κ1) is 18.9. The summed E-state index contributed by atoms with van der Waals surface area (Å²) in [5.41, 5.74) is 1.91. The fourth-order valence-corrected chi connectivity index (χ4v) is 3.26. The Balaban J connectivity index is 1.40. The maximum Gasteiger partial charge on any atom is 0.409 e. The van der Waals surface area contributed by atoms with Crippen molar-refractivity contribution in [2.24, 2.45) is 0 Å². The highest BCUT2D eigenvalue weighted by molar-refractivity contribution is 6.04. The molecule has 1 saturated heterocycles. The maximum atomic E-state index is 12.7. The first-order valence-electron chi connectivity index (χ1n) is 9.47. The molecule has 1 aromatic heterocycles. The van der Waals surface area contributed by atoms with Crippen LogP contribution in [0.2, 0.25) is 0 Å². The summed E-state index contributed by atoms with van der Waals surface area (Å²) < 4.78 is 15.7. The molecule has 2 aliphatic heterocycles. The first-order valence-corrected chi connectivity index (χ1v) is 9.47. The molecular weight excluding hydrogens is 376 g/mol. The highest BCUT2D eigenvalue weighted by Crippen LogP contribution is 2.34. The number of carbonyl (C=O) groups is 2. The van der Waals surface area contributed by atoms with Gasteiger partial charge in [0.25, 0.3) is 5.91 Å². The van der Waals surface area contributed by atoms with Crippen molar-refractivity contribution >= 4 is 23.4 Å². The number of fused-ring (bicyclic) bond motifs is 1. The molecule has 9 heteroatoms. The molecule has 0 aliphatic carbocycles. The number of pyridine rings is 1. The number of hydrogen-bond donors (Lipinski definition) is 1. The van der Waals surface area contributed by atoms with Gasteiger partial charge in [-0.25, -0.2) is 4.79 Å². The summed E-state index contributed by atoms with van der Waals surface area (Å²) in [5.74, 6) is 1.01. The van der Waals surface area contributed by atoms with E-state index in [-0.39, 0.29) is 18.8 Å². The van der Waals surface area contributed by atoms with Gasteiger partial charge in [-0.3, -0.25) is 9.78 Å². The number of aromatic nitrogens is 1. The Morgan fingerprint density at radius 2 is 1.90 bits per heavy atom. The predicted octanol–water partition coefficient (Wildman–Crippen LogP) is 2.34. The Bertz CT molecular complexity index is 911. The molecule has 0 spiro atoms. The Hall–Kier alpha value is -3.49. The van der Waals surface area contributed by atoms with E-state index < -0.39 is 0 Å². The SMILES string of the molecule is CCOC(=O)N1CCN(c2cncc(C(=O)Nc3ccc4c(c3)OCO4)c2)CC1. The van der Waals surface area contributed by atoms with E-state index in [1.165, 1.54) is 6.20 Å². The van der Waals surface area contributed by atoms with E-state index in [1.807, 2.05) is 0 Å². The molecule has 4 rings (SSSR count). The third-order valence-electron chi connectivity index (χ3n) is 4.79. The minimum Gasteiger partial charge on any atom is -0.454 e. The molecule has 0 atom stereocenters. The monoisotopic (exact) mass is 398 g/mol. The second-order valence-electron chi connectivity index (χ2n) is 6.63. The van der Waals surface area contributed by atoms with Crippen LogP contribution < -0.4 is 19.7 Å². The zero-order valence-corrected chi connectivity index (χ0v) is 16.1. The lowest BCUT2D eigenvalue weighted by Gasteiger charge is -2.35. The third-order valence-corrected chi connectivity index (χ3v) is 4.79. The summed E-state index contributed by atoms with van der Waals surface area (Å²) in [6.45, 7) is 4.76. The van der Waals surface area contributed by atoms with E-state index in [1.54, 1.807) is 42.3 Å². The Kier molecular flexibility index (Phi) is 5.37. The molecule has 0 bridgehead atoms. The Labute approximate surface area is 168 Å². The van der Waals surface area contributed by atoms with Gasteiger partial charge in [0.05, 0.1) is 24.1 Å². The number of ether oxygens (including phenoxy) is 3. The van der Waals surface area contributed by atoms with Gasteiger partial charge in [-0.05, 0) is 25.1 Å². The van der Waals surface area contributed by atoms with Gasteiger partial charge in [0.2, 0.25) is 6.79 Å². The van der Waals surface area contributed by atoms with Crippen molar-refractivity contribution in [2.75, 3.05) is 49.8 Å². The zero-order valence-electron chi connectivity index (χ0n) is 16.1. The van der Waals surface area contributed by atoms with Gasteiger partial charge >= 0.3 is 6.09 Å². The fraction of sp³-hybridized carbons (Fsp3) is 0.350. The van der Waals surface area contributed by atoms with E-state index in [9.17, 15) is 9.59 Å². The van der Waals surface area contributed by atoms with Crippen LogP contribution in [0.5, 0.6) is 11.5 Å². The molecule has 2 amide bonds. The van der Waals surface area contributed by atoms with Crippen molar-refractivity contribution in [3.05, 3.63) is 42.2 Å². The van der Waals surface area contributed by atoms with Crippen LogP contribution in [0.25, 0.3) is 0 Å². The van der Waals surface area contributed by atoms with Crippen molar-refractivity contribution in [2.45, 2.75) is 6.92 Å². The summed E-state index contributed by atoms with van der Waals surface area (Å²) in [6.07, 6.45) is 2.96. The van der Waals surface area contributed by atoms with Crippen molar-refractivity contribution in [3.63, 3.8) is 0 Å². The number of rotatable bonds is 4. The number of anilines is 2. The number of nitrogens with zero attached hydrogens (tertiary/aromatic N) is 3. The Morgan fingerprint density at radius 1 is 1.10 bits per heavy atom. The molecule has 1 aromatic carbocycles. The fourth-order valence-electron chi connectivity index (χ4n) is 3.26. The van der Waals surface area contributed by atoms with Crippen LogP contribution in [0.15, 0.2) is 36.7 Å². The van der Waals surface area contributed by atoms with Crippen LogP contribution in [-0.2, 0) is 4.74 Å². The molecule has 152 valence electrons. The van der Waals surface area contributed by atoms with Crippen LogP contribution in [-0.4, -0.2) is 61.5 Å². The highest BCUT2D eigenvalue weighted by Gasteiger charge is 2.23. The summed E-state index contributed by atoms with van der Waals surface area (Å²) in [7, 11) is 0. The second-order valence-corrected chi connectivity index (χ2v) is 6.63. The lowest BCUT2D eigenvalue weighted by molar-refractivity contribution is 0.102. The molecule has 2 aliphatic rings. The van der Waals surface area contributed by atoms with Crippen molar-refractivity contribution in [3.8, 4) is 11.5 Å². The van der Waals surface area contributed by atoms with Gasteiger partial charge in [0.15, 0.2) is 11.5 Å². The normalized spacial score (nSPS) is 15.2. The standard InChI is InChI=1S/C20H22N4O5/c1-2-27-20(26)24-7-5-23(6-8-24)16-9-14(11-21-12-16)19(25)22-15-3-4-17-18(10-15)29-13-28-17/h3-4,9-12H,2,5-8,13H2,1H3,(H,22,25). The van der Waals surface area contributed by atoms with E-state index in [0.717, 1.165) is 5.69 Å². The highest BCUT2D eigenvalue weighted by atomic mass is 16.7. The summed E-state index contributed by atoms with van der Waals surface area (Å²) >= 11 is 0. The van der Waals surface area contributed by atoms with Gasteiger partial charge in [0.1, 0.15) is 0 Å². The zero-order chi connectivity index (χ0) is 20.2. The van der Waals surface area contributed by atoms with Crippen LogP contribution in [0.1, 0.15) is 17.3 Å². The molecular formula is C20H22N4O5. The van der Waals surface area contributed by atoms with Crippen molar-refractivity contribution in [1.82, 2.24) is 9.88 Å². The second kappa shape index (κ2) is 8.26. The van der Waals surface area contributed by atoms with E-state index in [4.69, 9.17) is 14.2 Å². The van der Waals surface area contributed by atoms with Gasteiger partial charge in [0, 0.05) is 44.1 Å². The number of carbonyl (C=O) groups excluding carboxylic acids is 2. The van der Waals surface area contributed by atoms with Crippen LogP contribution in [0, 0.1) is 0 Å². The summed E-state index contributed by atoms with van der Waals surface area (Å²) in [6, 6.07) is 7.05. The molecule has 0 radical (unpaired) electrons. The third kappa shape index (κ3) is 4.18. The number of nitrogens with one attached hydrogen (secondary N) is 1. The number of amides is 2. The van der Waals surface area contributed by atoms with Crippen molar-refractivity contribution < 1.29 is 23.8 Å². The molecule has 9 nitrogen and oxygen atoms in total. The van der Waals surface area contributed by atoms with Crippen LogP contribution in [0.4, 0.5) is 16.2 Å². The van der Waals surface area contributed by atoms with Crippen LogP contribution >= 0.6 is 0 Å². The van der Waals surface area contributed by atoms with Gasteiger partial charge < -0.3 is 29.3 Å². The number of piperazine rings is 1. The first-order chi connectivity index (χ1) is 14.1. The average Bonchev–Trinajstić information content (AvgIpc) is 3.22. The average molecular weight is 398 g/mol. The number of hydrogen-bond acceptors (Lipinski definition) is 7. The van der Waals surface area contributed by atoms with Crippen molar-refractivity contribution in [1.29, 1.82) is 0 Å². The van der Waals surface area contributed by atoms with Gasteiger partial charge in [-0.15, -0.1) is 0 Å². The largest absolute Gasteiger partial charge is 0.454 e. The molecule has 29 heavy (non-hydrogen) atoms. The lowest BCUT2D eigenvalue weighted by atomic mass is 10.2. The quantitative estimate of drug-likeness (QED) is 0.845. The topological polar surface area (TPSA) is 93.2 Å². The summed E-state index contributed by atoms with van der Waals surface area (Å²) in [5, 5.41) is 2.85. The van der Waals surface area contributed by atoms with Gasteiger partial charge in [-0.1, -0.05) is 0 Å². The van der Waals surface area contributed by atoms with E-state index >= 15 is 0 Å². The van der Waals surface area contributed by atoms with Crippen LogP contribution in [0.3, 0.4) is 0 Å². The molecule has 2 aromatic rings. The molecule has 0 saturated carbocycles. The minimum absolute atomic E-state index is 0.183. The number of benzene rings is 1. The smallest absolute Gasteiger partial charge is 0.409 e. The predicted molar refractivity (Wildman–Crippen MR) is 106 cm³/mol. The summed E-state index contributed by atoms with van der Waals surface area (Å²) in [4.78, 5) is 32.5. The Morgan fingerprint density at radius 3 is 2.69 bits per heavy atom. The molecule has 1 fully saturated rings. The van der Waals surface area contributed by atoms with Gasteiger partial charge in [-0.2, -0.15) is 0 Å². The molecule has 3 heterocycles. The lowest BCUT2D eigenvalue weighted by Crippen LogP contribution is -2.49. The van der Waals surface area contributed by atoms with E-state index in [0.29, 0.717) is 55.5 Å². The van der Waals surface area contributed by atoms with E-state index in [2.05, 4.69) is 15.2 Å². The maximum absolute atomic E-state index is 12.7. The molecule has 0 unspecified atom stereocenters.